The minimum absolute atomic E-state index is 0.224. The Labute approximate surface area is 167 Å². The summed E-state index contributed by atoms with van der Waals surface area (Å²) in [4.78, 5) is 14.0. The molecule has 1 aliphatic rings. The summed E-state index contributed by atoms with van der Waals surface area (Å²) in [6.07, 6.45) is 0. The number of urea groups is 1. The van der Waals surface area contributed by atoms with Crippen LogP contribution >= 0.6 is 22.9 Å². The molecule has 1 N–H and O–H groups in total. The molecule has 1 aromatic carbocycles. The van der Waals surface area contributed by atoms with Gasteiger partial charge in [-0.3, -0.25) is 0 Å². The van der Waals surface area contributed by atoms with E-state index >= 15 is 0 Å². The Bertz CT molecular complexity index is 908. The zero-order chi connectivity index (χ0) is 19.4. The van der Waals surface area contributed by atoms with E-state index in [0.717, 1.165) is 16.9 Å². The maximum atomic E-state index is 12.6. The van der Waals surface area contributed by atoms with Crippen LogP contribution in [0.25, 0.3) is 0 Å². The van der Waals surface area contributed by atoms with Gasteiger partial charge < -0.3 is 15.0 Å². The van der Waals surface area contributed by atoms with Gasteiger partial charge in [0.25, 0.3) is 10.0 Å². The Morgan fingerprint density at radius 3 is 2.52 bits per heavy atom. The molecular weight excluding hydrogens is 410 g/mol. The molecule has 2 amide bonds. The highest BCUT2D eigenvalue weighted by atomic mass is 35.5. The molecule has 10 heteroatoms. The normalized spacial score (nSPS) is 15.6. The number of carbonyl (C=O) groups is 1. The summed E-state index contributed by atoms with van der Waals surface area (Å²) in [5.41, 5.74) is 0.879. The van der Waals surface area contributed by atoms with E-state index in [2.05, 4.69) is 5.32 Å². The number of amides is 2. The second kappa shape index (κ2) is 8.47. The molecule has 27 heavy (non-hydrogen) atoms. The number of nitrogens with one attached hydrogen (secondary N) is 1. The molecule has 3 rings (SSSR count). The summed E-state index contributed by atoms with van der Waals surface area (Å²) in [6, 6.07) is 10.3. The van der Waals surface area contributed by atoms with Crippen LogP contribution in [0.2, 0.25) is 4.34 Å². The molecule has 2 aromatic rings. The number of halogens is 1. The van der Waals surface area contributed by atoms with Gasteiger partial charge in [-0.15, -0.1) is 11.3 Å². The van der Waals surface area contributed by atoms with Gasteiger partial charge in [0.1, 0.15) is 9.96 Å². The smallest absolute Gasteiger partial charge is 0.317 e. The van der Waals surface area contributed by atoms with E-state index in [1.807, 2.05) is 24.3 Å². The predicted octanol–water partition coefficient (Wildman–Crippen LogP) is 2.63. The van der Waals surface area contributed by atoms with Crippen LogP contribution in [0.4, 0.5) is 4.79 Å². The fourth-order valence-electron chi connectivity index (χ4n) is 2.83. The van der Waals surface area contributed by atoms with Crippen LogP contribution in [0.5, 0.6) is 5.75 Å². The molecule has 0 aliphatic carbocycles. The van der Waals surface area contributed by atoms with Gasteiger partial charge in [0.05, 0.1) is 11.4 Å². The van der Waals surface area contributed by atoms with Crippen molar-refractivity contribution in [3.63, 3.8) is 0 Å². The second-order valence-corrected chi connectivity index (χ2v) is 9.80. The van der Waals surface area contributed by atoms with Crippen LogP contribution < -0.4 is 10.1 Å². The van der Waals surface area contributed by atoms with Crippen LogP contribution in [-0.4, -0.2) is 56.9 Å². The molecule has 0 radical (unpaired) electrons. The lowest BCUT2D eigenvalue weighted by atomic mass is 10.2. The lowest BCUT2D eigenvalue weighted by molar-refractivity contribution is 0.172. The monoisotopic (exact) mass is 429 g/mol. The molecule has 0 atom stereocenters. The fraction of sp³-hybridized carbons (Fsp3) is 0.353. The number of para-hydroxylation sites is 1. The van der Waals surface area contributed by atoms with Crippen LogP contribution in [-0.2, 0) is 16.6 Å². The topological polar surface area (TPSA) is 79.0 Å². The summed E-state index contributed by atoms with van der Waals surface area (Å²) >= 11 is 6.88. The average Bonchev–Trinajstić information content (AvgIpc) is 3.13. The van der Waals surface area contributed by atoms with Gasteiger partial charge in [0, 0.05) is 38.3 Å². The minimum Gasteiger partial charge on any atom is -0.496 e. The highest BCUT2D eigenvalue weighted by Gasteiger charge is 2.31. The van der Waals surface area contributed by atoms with Gasteiger partial charge in [-0.05, 0) is 18.2 Å². The molecule has 1 fully saturated rings. The Morgan fingerprint density at radius 2 is 1.89 bits per heavy atom. The summed E-state index contributed by atoms with van der Waals surface area (Å²) in [7, 11) is -1.98. The summed E-state index contributed by atoms with van der Waals surface area (Å²) in [6.45, 7) is 1.50. The lowest BCUT2D eigenvalue weighted by Gasteiger charge is -2.33. The van der Waals surface area contributed by atoms with Crippen LogP contribution in [0, 0.1) is 0 Å². The molecule has 0 unspecified atom stereocenters. The molecule has 0 saturated carbocycles. The Hall–Kier alpha value is -1.81. The van der Waals surface area contributed by atoms with Crippen molar-refractivity contribution in [1.82, 2.24) is 14.5 Å². The summed E-state index contributed by atoms with van der Waals surface area (Å²) in [5.74, 6) is 0.711. The first-order valence-corrected chi connectivity index (χ1v) is 11.0. The van der Waals surface area contributed by atoms with Crippen molar-refractivity contribution in [2.24, 2.45) is 0 Å². The van der Waals surface area contributed by atoms with Crippen molar-refractivity contribution in [1.29, 1.82) is 0 Å². The number of benzene rings is 1. The van der Waals surface area contributed by atoms with Crippen LogP contribution in [0.15, 0.2) is 40.6 Å². The van der Waals surface area contributed by atoms with Crippen molar-refractivity contribution < 1.29 is 17.9 Å². The number of nitrogens with zero attached hydrogens (tertiary/aromatic N) is 2. The number of hydrogen-bond acceptors (Lipinski definition) is 5. The van der Waals surface area contributed by atoms with Gasteiger partial charge in [-0.1, -0.05) is 29.8 Å². The first-order chi connectivity index (χ1) is 12.9. The van der Waals surface area contributed by atoms with Gasteiger partial charge in [-0.2, -0.15) is 4.31 Å². The first kappa shape index (κ1) is 19.9. The summed E-state index contributed by atoms with van der Waals surface area (Å²) in [5, 5.41) is 2.86. The van der Waals surface area contributed by atoms with E-state index in [9.17, 15) is 13.2 Å². The third-order valence-electron chi connectivity index (χ3n) is 4.29. The second-order valence-electron chi connectivity index (χ2n) is 5.92. The molecule has 146 valence electrons. The van der Waals surface area contributed by atoms with Crippen molar-refractivity contribution in [3.05, 3.63) is 46.3 Å². The van der Waals surface area contributed by atoms with Gasteiger partial charge in [-0.25, -0.2) is 13.2 Å². The minimum atomic E-state index is -3.56. The zero-order valence-corrected chi connectivity index (χ0v) is 17.1. The number of sulfonamides is 1. The number of piperazine rings is 1. The van der Waals surface area contributed by atoms with Gasteiger partial charge in [0.15, 0.2) is 0 Å². The van der Waals surface area contributed by atoms with Crippen molar-refractivity contribution in [2.75, 3.05) is 33.3 Å². The van der Waals surface area contributed by atoms with E-state index in [1.54, 1.807) is 18.1 Å². The van der Waals surface area contributed by atoms with E-state index in [0.29, 0.717) is 29.7 Å². The zero-order valence-electron chi connectivity index (χ0n) is 14.7. The lowest BCUT2D eigenvalue weighted by Crippen LogP contribution is -2.52. The van der Waals surface area contributed by atoms with E-state index < -0.39 is 10.0 Å². The molecule has 0 spiro atoms. The van der Waals surface area contributed by atoms with Crippen LogP contribution in [0.1, 0.15) is 5.56 Å². The van der Waals surface area contributed by atoms with Crippen molar-refractivity contribution in [3.8, 4) is 5.75 Å². The molecule has 1 saturated heterocycles. The Morgan fingerprint density at radius 1 is 1.19 bits per heavy atom. The standard InChI is InChI=1S/C17H20ClN3O4S2/c1-25-14-5-3-2-4-13(14)12-19-17(22)20-8-10-21(11-9-20)27(23,24)16-7-6-15(18)26-16/h2-7H,8-12H2,1H3,(H,19,22). The highest BCUT2D eigenvalue weighted by Crippen LogP contribution is 2.28. The van der Waals surface area contributed by atoms with Crippen LogP contribution in [0.3, 0.4) is 0 Å². The molecular formula is C17H20ClN3O4S2. The Balaban J connectivity index is 1.55. The summed E-state index contributed by atoms with van der Waals surface area (Å²) < 4.78 is 32.5. The number of thiophene rings is 1. The number of methoxy groups -OCH3 is 1. The number of rotatable bonds is 5. The molecule has 0 bridgehead atoms. The van der Waals surface area contributed by atoms with Gasteiger partial charge in [0.2, 0.25) is 0 Å². The van der Waals surface area contributed by atoms with E-state index in [4.69, 9.17) is 16.3 Å². The average molecular weight is 430 g/mol. The number of ether oxygens (including phenoxy) is 1. The third-order valence-corrected chi connectivity index (χ3v) is 7.89. The molecule has 1 aliphatic heterocycles. The molecule has 2 heterocycles. The van der Waals surface area contributed by atoms with Crippen molar-refractivity contribution >= 4 is 39.0 Å². The predicted molar refractivity (Wildman–Crippen MR) is 105 cm³/mol. The number of hydrogen-bond donors (Lipinski definition) is 1. The quantitative estimate of drug-likeness (QED) is 0.792. The largest absolute Gasteiger partial charge is 0.496 e. The van der Waals surface area contributed by atoms with Crippen molar-refractivity contribution in [2.45, 2.75) is 10.8 Å². The SMILES string of the molecule is COc1ccccc1CNC(=O)N1CCN(S(=O)(=O)c2ccc(Cl)s2)CC1. The fourth-order valence-corrected chi connectivity index (χ4v) is 5.89. The van der Waals surface area contributed by atoms with E-state index in [1.165, 1.54) is 10.4 Å². The molecule has 7 nitrogen and oxygen atoms in total. The van der Waals surface area contributed by atoms with E-state index in [-0.39, 0.29) is 23.3 Å². The highest BCUT2D eigenvalue weighted by molar-refractivity contribution is 7.91. The Kier molecular flexibility index (Phi) is 6.25. The van der Waals surface area contributed by atoms with Gasteiger partial charge >= 0.3 is 6.03 Å². The maximum absolute atomic E-state index is 12.6. The number of carbonyl (C=O) groups excluding carboxylic acids is 1. The third kappa shape index (κ3) is 4.55. The maximum Gasteiger partial charge on any atom is 0.317 e. The molecule has 1 aromatic heterocycles. The first-order valence-electron chi connectivity index (χ1n) is 8.32.